The summed E-state index contributed by atoms with van der Waals surface area (Å²) in [5, 5.41) is 5.27. The van der Waals surface area contributed by atoms with E-state index in [4.69, 9.17) is 4.74 Å². The molecule has 5 heteroatoms. The van der Waals surface area contributed by atoms with E-state index in [1.54, 1.807) is 27.7 Å². The molecule has 20 heavy (non-hydrogen) atoms. The molecule has 0 aliphatic heterocycles. The van der Waals surface area contributed by atoms with Crippen molar-refractivity contribution in [1.29, 1.82) is 0 Å². The molecule has 0 aliphatic rings. The minimum absolute atomic E-state index is 0.287. The molecule has 0 bridgehead atoms. The lowest BCUT2D eigenvalue weighted by Gasteiger charge is -2.21. The van der Waals surface area contributed by atoms with Crippen molar-refractivity contribution in [3.05, 3.63) is 29.8 Å². The molecule has 0 aromatic heterocycles. The zero-order valence-corrected chi connectivity index (χ0v) is 12.6. The van der Waals surface area contributed by atoms with Gasteiger partial charge in [0.25, 0.3) is 0 Å². The molecule has 0 spiro atoms. The Morgan fingerprint density at radius 2 is 1.80 bits per heavy atom. The van der Waals surface area contributed by atoms with E-state index < -0.39 is 17.7 Å². The number of para-hydroxylation sites is 1. The number of rotatable bonds is 3. The number of amides is 2. The summed E-state index contributed by atoms with van der Waals surface area (Å²) in [6, 6.07) is 6.78. The average molecular weight is 278 g/mol. The lowest BCUT2D eigenvalue weighted by atomic mass is 10.2. The van der Waals surface area contributed by atoms with Crippen LogP contribution in [0.5, 0.6) is 0 Å². The third-order valence-electron chi connectivity index (χ3n) is 2.53. The number of anilines is 1. The molecule has 0 saturated carbocycles. The molecule has 110 valence electrons. The highest BCUT2D eigenvalue weighted by Crippen LogP contribution is 2.13. The Balaban J connectivity index is 2.56. The second kappa shape index (κ2) is 6.41. The smallest absolute Gasteiger partial charge is 0.408 e. The number of benzene rings is 1. The summed E-state index contributed by atoms with van der Waals surface area (Å²) in [6.07, 6.45) is -0.607. The monoisotopic (exact) mass is 278 g/mol. The maximum absolute atomic E-state index is 12.0. The number of hydrogen-bond donors (Lipinski definition) is 2. The lowest BCUT2D eigenvalue weighted by molar-refractivity contribution is -0.117. The molecule has 1 aromatic rings. The van der Waals surface area contributed by atoms with Gasteiger partial charge in [-0.3, -0.25) is 4.79 Å². The van der Waals surface area contributed by atoms with E-state index in [0.717, 1.165) is 11.3 Å². The first kappa shape index (κ1) is 16.0. The van der Waals surface area contributed by atoms with Gasteiger partial charge in [0.05, 0.1) is 0 Å². The van der Waals surface area contributed by atoms with E-state index in [2.05, 4.69) is 10.6 Å². The molecule has 2 amide bonds. The molecule has 0 saturated heterocycles. The van der Waals surface area contributed by atoms with E-state index in [9.17, 15) is 9.59 Å². The van der Waals surface area contributed by atoms with Gasteiger partial charge >= 0.3 is 6.09 Å². The van der Waals surface area contributed by atoms with Crippen LogP contribution < -0.4 is 10.6 Å². The Kier molecular flexibility index (Phi) is 5.13. The number of alkyl carbamates (subject to hydrolysis) is 1. The first-order valence-electron chi connectivity index (χ1n) is 6.55. The normalized spacial score (nSPS) is 12.4. The Hall–Kier alpha value is -2.04. The first-order valence-corrected chi connectivity index (χ1v) is 6.55. The fourth-order valence-corrected chi connectivity index (χ4v) is 1.50. The molecule has 0 heterocycles. The van der Waals surface area contributed by atoms with Gasteiger partial charge in [0, 0.05) is 5.69 Å². The molecule has 2 N–H and O–H groups in total. The minimum atomic E-state index is -0.676. The molecule has 5 nitrogen and oxygen atoms in total. The van der Waals surface area contributed by atoms with Crippen molar-refractivity contribution in [2.24, 2.45) is 0 Å². The standard InChI is InChI=1S/C15H22N2O3/c1-10-8-6-7-9-12(10)17-13(18)11(2)16-14(19)20-15(3,4)5/h6-9,11H,1-5H3,(H,16,19)(H,17,18)/t11-/m1/s1. The number of carbonyl (C=O) groups excluding carboxylic acids is 2. The lowest BCUT2D eigenvalue weighted by Crippen LogP contribution is -2.44. The van der Waals surface area contributed by atoms with Gasteiger partial charge in [-0.15, -0.1) is 0 Å². The van der Waals surface area contributed by atoms with Crippen LogP contribution in [0.3, 0.4) is 0 Å². The van der Waals surface area contributed by atoms with Gasteiger partial charge in [-0.1, -0.05) is 18.2 Å². The highest BCUT2D eigenvalue weighted by molar-refractivity contribution is 5.96. The van der Waals surface area contributed by atoms with Crippen molar-refractivity contribution >= 4 is 17.7 Å². The second-order valence-electron chi connectivity index (χ2n) is 5.67. The summed E-state index contributed by atoms with van der Waals surface area (Å²) < 4.78 is 5.10. The third-order valence-corrected chi connectivity index (χ3v) is 2.53. The van der Waals surface area contributed by atoms with Gasteiger partial charge in [0.15, 0.2) is 0 Å². The third kappa shape index (κ3) is 5.30. The molecule has 0 unspecified atom stereocenters. The number of aryl methyl sites for hydroxylation is 1. The van der Waals surface area contributed by atoms with Gasteiger partial charge in [-0.25, -0.2) is 4.79 Å². The van der Waals surface area contributed by atoms with E-state index >= 15 is 0 Å². The van der Waals surface area contributed by atoms with Crippen LogP contribution in [0.4, 0.5) is 10.5 Å². The van der Waals surface area contributed by atoms with Gasteiger partial charge < -0.3 is 15.4 Å². The van der Waals surface area contributed by atoms with Crippen LogP contribution in [0.25, 0.3) is 0 Å². The summed E-state index contributed by atoms with van der Waals surface area (Å²) in [5.41, 5.74) is 1.11. The van der Waals surface area contributed by atoms with Gasteiger partial charge in [-0.2, -0.15) is 0 Å². The maximum atomic E-state index is 12.0. The van der Waals surface area contributed by atoms with E-state index in [-0.39, 0.29) is 5.91 Å². The zero-order valence-electron chi connectivity index (χ0n) is 12.6. The second-order valence-corrected chi connectivity index (χ2v) is 5.67. The Morgan fingerprint density at radius 1 is 1.20 bits per heavy atom. The number of hydrogen-bond acceptors (Lipinski definition) is 3. The van der Waals surface area contributed by atoms with Crippen molar-refractivity contribution in [2.75, 3.05) is 5.32 Å². The SMILES string of the molecule is Cc1ccccc1NC(=O)[C@@H](C)NC(=O)OC(C)(C)C. The van der Waals surface area contributed by atoms with Crippen molar-refractivity contribution in [3.63, 3.8) is 0 Å². The fraction of sp³-hybridized carbons (Fsp3) is 0.467. The van der Waals surface area contributed by atoms with Gasteiger partial charge in [0.1, 0.15) is 11.6 Å². The van der Waals surface area contributed by atoms with Gasteiger partial charge in [0.2, 0.25) is 5.91 Å². The number of carbonyl (C=O) groups is 2. The van der Waals surface area contributed by atoms with Crippen LogP contribution in [0.2, 0.25) is 0 Å². The predicted octanol–water partition coefficient (Wildman–Crippen LogP) is 2.85. The summed E-state index contributed by atoms with van der Waals surface area (Å²) in [6.45, 7) is 8.82. The van der Waals surface area contributed by atoms with Crippen LogP contribution >= 0.6 is 0 Å². The van der Waals surface area contributed by atoms with Crippen LogP contribution in [0.15, 0.2) is 24.3 Å². The summed E-state index contributed by atoms with van der Waals surface area (Å²) in [5.74, 6) is -0.287. The first-order chi connectivity index (χ1) is 9.19. The molecule has 1 atom stereocenters. The average Bonchev–Trinajstić information content (AvgIpc) is 2.29. The fourth-order valence-electron chi connectivity index (χ4n) is 1.50. The van der Waals surface area contributed by atoms with Crippen molar-refractivity contribution in [2.45, 2.75) is 46.3 Å². The zero-order chi connectivity index (χ0) is 15.3. The Morgan fingerprint density at radius 3 is 2.35 bits per heavy atom. The van der Waals surface area contributed by atoms with Crippen molar-refractivity contribution < 1.29 is 14.3 Å². The predicted molar refractivity (Wildman–Crippen MR) is 78.6 cm³/mol. The molecule has 0 aliphatic carbocycles. The minimum Gasteiger partial charge on any atom is -0.444 e. The van der Waals surface area contributed by atoms with Gasteiger partial charge in [-0.05, 0) is 46.2 Å². The van der Waals surface area contributed by atoms with Crippen LogP contribution in [-0.4, -0.2) is 23.6 Å². The highest BCUT2D eigenvalue weighted by Gasteiger charge is 2.21. The van der Waals surface area contributed by atoms with Crippen LogP contribution in [0.1, 0.15) is 33.3 Å². The topological polar surface area (TPSA) is 67.4 Å². The quantitative estimate of drug-likeness (QED) is 0.893. The molecule has 0 fully saturated rings. The molecule has 1 rings (SSSR count). The molecular weight excluding hydrogens is 256 g/mol. The van der Waals surface area contributed by atoms with E-state index in [1.165, 1.54) is 0 Å². The summed E-state index contributed by atoms with van der Waals surface area (Å²) >= 11 is 0. The Bertz CT molecular complexity index is 492. The molecule has 1 aromatic carbocycles. The molecular formula is C15H22N2O3. The van der Waals surface area contributed by atoms with Crippen molar-refractivity contribution in [3.8, 4) is 0 Å². The van der Waals surface area contributed by atoms with E-state index in [0.29, 0.717) is 0 Å². The number of nitrogens with one attached hydrogen (secondary N) is 2. The molecule has 0 radical (unpaired) electrons. The maximum Gasteiger partial charge on any atom is 0.408 e. The van der Waals surface area contributed by atoms with Crippen molar-refractivity contribution in [1.82, 2.24) is 5.32 Å². The van der Waals surface area contributed by atoms with Crippen LogP contribution in [-0.2, 0) is 9.53 Å². The summed E-state index contributed by atoms with van der Waals surface area (Å²) in [7, 11) is 0. The number of ether oxygens (including phenoxy) is 1. The summed E-state index contributed by atoms with van der Waals surface area (Å²) in [4.78, 5) is 23.6. The largest absolute Gasteiger partial charge is 0.444 e. The Labute approximate surface area is 119 Å². The highest BCUT2D eigenvalue weighted by atomic mass is 16.6. The van der Waals surface area contributed by atoms with Crippen LogP contribution in [0, 0.1) is 6.92 Å². The van der Waals surface area contributed by atoms with E-state index in [1.807, 2.05) is 31.2 Å².